The molecule has 4 heterocycles. The van der Waals surface area contributed by atoms with Gasteiger partial charge in [0.2, 0.25) is 5.95 Å². The average molecular weight is 420 g/mol. The van der Waals surface area contributed by atoms with E-state index in [1.165, 1.54) is 0 Å². The third-order valence-electron chi connectivity index (χ3n) is 5.36. The molecule has 2 N–H and O–H groups in total. The van der Waals surface area contributed by atoms with E-state index in [1.54, 1.807) is 17.7 Å². The Balaban J connectivity index is 1.46. The van der Waals surface area contributed by atoms with Gasteiger partial charge in [0.15, 0.2) is 5.82 Å². The number of nitrogens with zero attached hydrogens (tertiary/aromatic N) is 5. The lowest BCUT2D eigenvalue weighted by atomic mass is 10.2. The minimum atomic E-state index is -0.536. The van der Waals surface area contributed by atoms with Crippen LogP contribution in [-0.2, 0) is 0 Å². The summed E-state index contributed by atoms with van der Waals surface area (Å²) in [4.78, 5) is 14.9. The van der Waals surface area contributed by atoms with Crippen molar-refractivity contribution in [2.45, 2.75) is 12.5 Å². The summed E-state index contributed by atoms with van der Waals surface area (Å²) in [5.41, 5.74) is 3.01. The highest BCUT2D eigenvalue weighted by molar-refractivity contribution is 5.69. The van der Waals surface area contributed by atoms with Crippen LogP contribution in [0.15, 0.2) is 55.0 Å². The summed E-state index contributed by atoms with van der Waals surface area (Å²) in [7, 11) is 1.58. The van der Waals surface area contributed by atoms with Crippen molar-refractivity contribution in [3.05, 3.63) is 60.8 Å². The number of β-amino-alcohol motifs (C(OH)–C–C–N with tert-alkyl or cyclic N) is 1. The molecule has 1 aliphatic rings. The van der Waals surface area contributed by atoms with Crippen LogP contribution in [0.25, 0.3) is 17.0 Å². The topological polar surface area (TPSA) is 87.8 Å². The second-order valence-electron chi connectivity index (χ2n) is 7.36. The van der Waals surface area contributed by atoms with Crippen molar-refractivity contribution in [3.8, 4) is 17.1 Å². The summed E-state index contributed by atoms with van der Waals surface area (Å²) in [6.45, 7) is 1.39. The van der Waals surface area contributed by atoms with Gasteiger partial charge in [-0.3, -0.25) is 4.40 Å². The smallest absolute Gasteiger partial charge is 0.228 e. The zero-order valence-electron chi connectivity index (χ0n) is 16.9. The number of nitrogens with one attached hydrogen (secondary N) is 1. The minimum absolute atomic E-state index is 0.151. The predicted octanol–water partition coefficient (Wildman–Crippen LogP) is 3.25. The highest BCUT2D eigenvalue weighted by Gasteiger charge is 2.21. The number of imidazole rings is 1. The molecule has 0 bridgehead atoms. The number of aliphatic hydroxyl groups is 1. The van der Waals surface area contributed by atoms with Gasteiger partial charge in [0.25, 0.3) is 0 Å². The molecule has 0 spiro atoms. The van der Waals surface area contributed by atoms with Crippen LogP contribution in [0, 0.1) is 5.82 Å². The first kappa shape index (κ1) is 19.3. The molecule has 1 fully saturated rings. The Labute approximate surface area is 178 Å². The molecular formula is C22H21FN6O2. The molecule has 1 saturated heterocycles. The maximum atomic E-state index is 14.6. The molecule has 158 valence electrons. The van der Waals surface area contributed by atoms with Crippen LogP contribution >= 0.6 is 0 Å². The summed E-state index contributed by atoms with van der Waals surface area (Å²) >= 11 is 0. The zero-order valence-corrected chi connectivity index (χ0v) is 16.9. The largest absolute Gasteiger partial charge is 0.494 e. The van der Waals surface area contributed by atoms with Gasteiger partial charge in [-0.1, -0.05) is 6.07 Å². The van der Waals surface area contributed by atoms with E-state index in [2.05, 4.69) is 25.2 Å². The summed E-state index contributed by atoms with van der Waals surface area (Å²) in [6.07, 6.45) is 4.97. The van der Waals surface area contributed by atoms with Crippen LogP contribution in [-0.4, -0.2) is 50.8 Å². The van der Waals surface area contributed by atoms with E-state index in [4.69, 9.17) is 4.74 Å². The van der Waals surface area contributed by atoms with Crippen molar-refractivity contribution in [3.63, 3.8) is 0 Å². The normalized spacial score (nSPS) is 16.1. The first-order chi connectivity index (χ1) is 15.1. The fraction of sp³-hybridized carbons (Fsp3) is 0.227. The molecule has 1 unspecified atom stereocenters. The van der Waals surface area contributed by atoms with Gasteiger partial charge in [-0.05, 0) is 30.7 Å². The van der Waals surface area contributed by atoms with E-state index in [1.807, 2.05) is 42.6 Å². The first-order valence-corrected chi connectivity index (χ1v) is 9.95. The van der Waals surface area contributed by atoms with Crippen LogP contribution in [0.5, 0.6) is 5.75 Å². The van der Waals surface area contributed by atoms with E-state index in [0.29, 0.717) is 29.3 Å². The van der Waals surface area contributed by atoms with Gasteiger partial charge in [0.1, 0.15) is 17.1 Å². The van der Waals surface area contributed by atoms with Gasteiger partial charge in [0, 0.05) is 31.0 Å². The fourth-order valence-electron chi connectivity index (χ4n) is 3.79. The quantitative estimate of drug-likeness (QED) is 0.512. The molecule has 0 aliphatic carbocycles. The predicted molar refractivity (Wildman–Crippen MR) is 115 cm³/mol. The van der Waals surface area contributed by atoms with E-state index in [0.717, 1.165) is 24.8 Å². The highest BCUT2D eigenvalue weighted by Crippen LogP contribution is 2.33. The number of anilines is 3. The summed E-state index contributed by atoms with van der Waals surface area (Å²) in [5, 5.41) is 12.9. The molecule has 4 aromatic rings. The third-order valence-corrected chi connectivity index (χ3v) is 5.36. The Morgan fingerprint density at radius 2 is 2.10 bits per heavy atom. The van der Waals surface area contributed by atoms with E-state index >= 15 is 0 Å². The highest BCUT2D eigenvalue weighted by atomic mass is 19.1. The molecule has 5 rings (SSSR count). The molecule has 9 heteroatoms. The zero-order chi connectivity index (χ0) is 21.4. The maximum Gasteiger partial charge on any atom is 0.228 e. The van der Waals surface area contributed by atoms with Crippen LogP contribution < -0.4 is 15.0 Å². The van der Waals surface area contributed by atoms with Crippen LogP contribution in [0.3, 0.4) is 0 Å². The molecule has 31 heavy (non-hydrogen) atoms. The standard InChI is InChI=1S/C22H21FN6O2/c1-31-19-10-14(28-9-7-15(30)13-28)5-6-17(19)26-22-25-11-16(23)21(27-22)18-12-24-20-4-2-3-8-29(18)20/h2-6,8,10-12,15,30H,7,9,13H2,1H3,(H,25,26,27). The number of hydrogen-bond acceptors (Lipinski definition) is 7. The number of hydrogen-bond donors (Lipinski definition) is 2. The SMILES string of the molecule is COc1cc(N2CCC(O)C2)ccc1Nc1ncc(F)c(-c2cnc3ccccn23)n1. The molecule has 1 aromatic carbocycles. The van der Waals surface area contributed by atoms with Gasteiger partial charge in [-0.25, -0.2) is 19.3 Å². The van der Waals surface area contributed by atoms with Crippen LogP contribution in [0.1, 0.15) is 6.42 Å². The maximum absolute atomic E-state index is 14.6. The lowest BCUT2D eigenvalue weighted by molar-refractivity contribution is 0.198. The number of rotatable bonds is 5. The monoisotopic (exact) mass is 420 g/mol. The van der Waals surface area contributed by atoms with Crippen molar-refractivity contribution in [2.24, 2.45) is 0 Å². The molecule has 8 nitrogen and oxygen atoms in total. The number of ether oxygens (including phenoxy) is 1. The number of halogens is 1. The van der Waals surface area contributed by atoms with E-state index in [9.17, 15) is 9.50 Å². The fourth-order valence-corrected chi connectivity index (χ4v) is 3.79. The molecule has 0 amide bonds. The summed E-state index contributed by atoms with van der Waals surface area (Å²) in [5.74, 6) is 0.305. The third kappa shape index (κ3) is 3.64. The summed E-state index contributed by atoms with van der Waals surface area (Å²) in [6, 6.07) is 11.3. The Kier molecular flexibility index (Phi) is 4.87. The number of aromatic nitrogens is 4. The molecular weight excluding hydrogens is 399 g/mol. The van der Waals surface area contributed by atoms with Gasteiger partial charge < -0.3 is 20.1 Å². The Morgan fingerprint density at radius 1 is 1.19 bits per heavy atom. The van der Waals surface area contributed by atoms with Crippen LogP contribution in [0.4, 0.5) is 21.7 Å². The van der Waals surface area contributed by atoms with Crippen molar-refractivity contribution >= 4 is 23.0 Å². The Hall–Kier alpha value is -3.72. The number of methoxy groups -OCH3 is 1. The second kappa shape index (κ2) is 7.84. The van der Waals surface area contributed by atoms with Gasteiger partial charge >= 0.3 is 0 Å². The lowest BCUT2D eigenvalue weighted by Crippen LogP contribution is -2.21. The van der Waals surface area contributed by atoms with Gasteiger partial charge in [-0.2, -0.15) is 0 Å². The number of pyridine rings is 1. The van der Waals surface area contributed by atoms with Crippen molar-refractivity contribution < 1.29 is 14.2 Å². The molecule has 0 radical (unpaired) electrons. The molecule has 1 atom stereocenters. The second-order valence-corrected chi connectivity index (χ2v) is 7.36. The van der Waals surface area contributed by atoms with Crippen LogP contribution in [0.2, 0.25) is 0 Å². The Bertz CT molecular complexity index is 1240. The van der Waals surface area contributed by atoms with Crippen molar-refractivity contribution in [2.75, 3.05) is 30.4 Å². The van der Waals surface area contributed by atoms with E-state index < -0.39 is 5.82 Å². The molecule has 0 saturated carbocycles. The van der Waals surface area contributed by atoms with Gasteiger partial charge in [-0.15, -0.1) is 0 Å². The number of benzene rings is 1. The number of fused-ring (bicyclic) bond motifs is 1. The first-order valence-electron chi connectivity index (χ1n) is 9.95. The van der Waals surface area contributed by atoms with Gasteiger partial charge in [0.05, 0.1) is 37.0 Å². The van der Waals surface area contributed by atoms with Crippen molar-refractivity contribution in [1.29, 1.82) is 0 Å². The van der Waals surface area contributed by atoms with Crippen molar-refractivity contribution in [1.82, 2.24) is 19.4 Å². The minimum Gasteiger partial charge on any atom is -0.494 e. The average Bonchev–Trinajstić information content (AvgIpc) is 3.42. The number of aliphatic hydroxyl groups excluding tert-OH is 1. The lowest BCUT2D eigenvalue weighted by Gasteiger charge is -2.20. The molecule has 3 aromatic heterocycles. The van der Waals surface area contributed by atoms with E-state index in [-0.39, 0.29) is 17.7 Å². The molecule has 1 aliphatic heterocycles. The Morgan fingerprint density at radius 3 is 2.90 bits per heavy atom. The summed E-state index contributed by atoms with van der Waals surface area (Å²) < 4.78 is 21.9.